The topological polar surface area (TPSA) is 20.2 Å². The first-order valence-electron chi connectivity index (χ1n) is 5.18. The molecule has 1 nitrogen and oxygen atoms in total. The van der Waals surface area contributed by atoms with Gasteiger partial charge >= 0.3 is 0 Å². The zero-order valence-corrected chi connectivity index (χ0v) is 9.14. The van der Waals surface area contributed by atoms with Crippen molar-refractivity contribution in [3.05, 3.63) is 23.3 Å². The molecule has 0 aliphatic heterocycles. The Kier molecular flexibility index (Phi) is 7.71. The molecule has 0 saturated heterocycles. The van der Waals surface area contributed by atoms with Crippen LogP contribution in [0.25, 0.3) is 0 Å². The van der Waals surface area contributed by atoms with E-state index >= 15 is 0 Å². The normalized spacial score (nSPS) is 13.5. The van der Waals surface area contributed by atoms with Crippen molar-refractivity contribution in [2.75, 3.05) is 6.61 Å². The summed E-state index contributed by atoms with van der Waals surface area (Å²) in [5.74, 6) is 0. The van der Waals surface area contributed by atoms with Gasteiger partial charge in [0.2, 0.25) is 0 Å². The Morgan fingerprint density at radius 1 is 1.15 bits per heavy atom. The molecule has 0 spiro atoms. The van der Waals surface area contributed by atoms with Crippen LogP contribution in [0.3, 0.4) is 0 Å². The lowest BCUT2D eigenvalue weighted by Crippen LogP contribution is -1.84. The van der Waals surface area contributed by atoms with Gasteiger partial charge in [-0.25, -0.2) is 0 Å². The minimum absolute atomic E-state index is 0.180. The van der Waals surface area contributed by atoms with Crippen LogP contribution in [0, 0.1) is 0 Å². The fourth-order valence-electron chi connectivity index (χ4n) is 1.20. The summed E-state index contributed by atoms with van der Waals surface area (Å²) in [5.41, 5.74) is 2.82. The molecule has 1 N–H and O–H groups in total. The van der Waals surface area contributed by atoms with Crippen molar-refractivity contribution in [3.8, 4) is 0 Å². The molecule has 0 fully saturated rings. The molecule has 0 radical (unpaired) electrons. The number of hydrogen-bond donors (Lipinski definition) is 1. The molecule has 0 aliphatic rings. The summed E-state index contributed by atoms with van der Waals surface area (Å²) >= 11 is 0. The van der Waals surface area contributed by atoms with Gasteiger partial charge in [-0.05, 0) is 32.6 Å². The first-order valence-corrected chi connectivity index (χ1v) is 5.18. The predicted octanol–water partition coefficient (Wildman–Crippen LogP) is 3.45. The summed E-state index contributed by atoms with van der Waals surface area (Å²) in [4.78, 5) is 0. The van der Waals surface area contributed by atoms with E-state index in [2.05, 4.69) is 26.8 Å². The Morgan fingerprint density at radius 3 is 2.31 bits per heavy atom. The maximum atomic E-state index is 8.73. The lowest BCUT2D eigenvalue weighted by Gasteiger charge is -2.01. The van der Waals surface area contributed by atoms with Crippen LogP contribution in [-0.2, 0) is 0 Å². The molecule has 13 heavy (non-hydrogen) atoms. The molecule has 0 aromatic rings. The molecule has 0 rings (SSSR count). The van der Waals surface area contributed by atoms with Crippen molar-refractivity contribution in [1.29, 1.82) is 0 Å². The minimum atomic E-state index is 0.180. The van der Waals surface area contributed by atoms with E-state index in [4.69, 9.17) is 5.11 Å². The second-order valence-electron chi connectivity index (χ2n) is 3.34. The lowest BCUT2D eigenvalue weighted by molar-refractivity contribution is 0.341. The van der Waals surface area contributed by atoms with E-state index in [1.165, 1.54) is 11.1 Å². The zero-order chi connectivity index (χ0) is 10.1. The number of hydrogen-bond acceptors (Lipinski definition) is 1. The highest BCUT2D eigenvalue weighted by atomic mass is 16.2. The molecule has 0 unspecified atom stereocenters. The van der Waals surface area contributed by atoms with E-state index in [9.17, 15) is 0 Å². The van der Waals surface area contributed by atoms with Crippen LogP contribution in [0.2, 0.25) is 0 Å². The molecule has 0 aliphatic carbocycles. The standard InChI is InChI=1S/C12H22O/c1-4-11(3)7-6-8-12(5-2)9-10-13/h7,9,13H,4-6,8,10H2,1-3H3/b11-7+,12-9+. The van der Waals surface area contributed by atoms with Crippen LogP contribution >= 0.6 is 0 Å². The fourth-order valence-corrected chi connectivity index (χ4v) is 1.20. The molecule has 0 atom stereocenters. The summed E-state index contributed by atoms with van der Waals surface area (Å²) in [7, 11) is 0. The van der Waals surface area contributed by atoms with E-state index in [-0.39, 0.29) is 6.61 Å². The molecule has 0 aromatic carbocycles. The first-order chi connectivity index (χ1) is 6.24. The van der Waals surface area contributed by atoms with Crippen LogP contribution < -0.4 is 0 Å². The third kappa shape index (κ3) is 6.59. The molecule has 76 valence electrons. The Labute approximate surface area is 82.2 Å². The van der Waals surface area contributed by atoms with Crippen LogP contribution in [0.1, 0.15) is 46.5 Å². The van der Waals surface area contributed by atoms with E-state index in [0.717, 1.165) is 25.7 Å². The fraction of sp³-hybridized carbons (Fsp3) is 0.667. The van der Waals surface area contributed by atoms with E-state index in [1.54, 1.807) is 0 Å². The third-order valence-corrected chi connectivity index (χ3v) is 2.35. The van der Waals surface area contributed by atoms with Gasteiger partial charge in [0.15, 0.2) is 0 Å². The number of rotatable bonds is 6. The quantitative estimate of drug-likeness (QED) is 0.624. The van der Waals surface area contributed by atoms with E-state index in [1.807, 2.05) is 6.08 Å². The molecule has 0 aromatic heterocycles. The zero-order valence-electron chi connectivity index (χ0n) is 9.14. The smallest absolute Gasteiger partial charge is 0.0615 e. The molecular formula is C12H22O. The highest BCUT2D eigenvalue weighted by molar-refractivity contribution is 5.05. The summed E-state index contributed by atoms with van der Waals surface area (Å²) in [6, 6.07) is 0. The second-order valence-corrected chi connectivity index (χ2v) is 3.34. The molecule has 0 saturated carbocycles. The first kappa shape index (κ1) is 12.4. The van der Waals surface area contributed by atoms with Crippen molar-refractivity contribution in [2.24, 2.45) is 0 Å². The summed E-state index contributed by atoms with van der Waals surface area (Å²) in [6.07, 6.45) is 8.62. The van der Waals surface area contributed by atoms with E-state index in [0.29, 0.717) is 0 Å². The molecule has 0 heterocycles. The van der Waals surface area contributed by atoms with Gasteiger partial charge in [-0.2, -0.15) is 0 Å². The van der Waals surface area contributed by atoms with Crippen LogP contribution in [0.4, 0.5) is 0 Å². The predicted molar refractivity (Wildman–Crippen MR) is 58.7 cm³/mol. The number of allylic oxidation sites excluding steroid dienone is 3. The van der Waals surface area contributed by atoms with Crippen LogP contribution in [-0.4, -0.2) is 11.7 Å². The average molecular weight is 182 g/mol. The van der Waals surface area contributed by atoms with Gasteiger partial charge < -0.3 is 5.11 Å². The number of aliphatic hydroxyl groups is 1. The Balaban J connectivity index is 3.79. The highest BCUT2D eigenvalue weighted by Gasteiger charge is 1.92. The maximum Gasteiger partial charge on any atom is 0.0615 e. The third-order valence-electron chi connectivity index (χ3n) is 2.35. The van der Waals surface area contributed by atoms with Crippen molar-refractivity contribution in [2.45, 2.75) is 46.5 Å². The molecule has 1 heteroatoms. The minimum Gasteiger partial charge on any atom is -0.392 e. The summed E-state index contributed by atoms with van der Waals surface area (Å²) in [6.45, 7) is 6.66. The molecule has 0 amide bonds. The maximum absolute atomic E-state index is 8.73. The monoisotopic (exact) mass is 182 g/mol. The number of aliphatic hydroxyl groups excluding tert-OH is 1. The van der Waals surface area contributed by atoms with Gasteiger partial charge in [-0.1, -0.05) is 37.1 Å². The van der Waals surface area contributed by atoms with E-state index < -0.39 is 0 Å². The summed E-state index contributed by atoms with van der Waals surface area (Å²) in [5, 5.41) is 8.73. The van der Waals surface area contributed by atoms with Crippen molar-refractivity contribution in [3.63, 3.8) is 0 Å². The molecule has 0 bridgehead atoms. The van der Waals surface area contributed by atoms with Gasteiger partial charge in [-0.3, -0.25) is 0 Å². The second kappa shape index (κ2) is 8.06. The largest absolute Gasteiger partial charge is 0.392 e. The van der Waals surface area contributed by atoms with Crippen molar-refractivity contribution >= 4 is 0 Å². The van der Waals surface area contributed by atoms with Crippen molar-refractivity contribution in [1.82, 2.24) is 0 Å². The van der Waals surface area contributed by atoms with Gasteiger partial charge in [0.05, 0.1) is 6.61 Å². The Bertz CT molecular complexity index is 178. The van der Waals surface area contributed by atoms with Gasteiger partial charge in [0, 0.05) is 0 Å². The van der Waals surface area contributed by atoms with Gasteiger partial charge in [0.1, 0.15) is 0 Å². The lowest BCUT2D eigenvalue weighted by atomic mass is 10.1. The van der Waals surface area contributed by atoms with Crippen LogP contribution in [0.5, 0.6) is 0 Å². The van der Waals surface area contributed by atoms with Crippen LogP contribution in [0.15, 0.2) is 23.3 Å². The van der Waals surface area contributed by atoms with Gasteiger partial charge in [0.25, 0.3) is 0 Å². The highest BCUT2D eigenvalue weighted by Crippen LogP contribution is 2.11. The van der Waals surface area contributed by atoms with Gasteiger partial charge in [-0.15, -0.1) is 0 Å². The Hall–Kier alpha value is -0.560. The van der Waals surface area contributed by atoms with Crippen molar-refractivity contribution < 1.29 is 5.11 Å². The Morgan fingerprint density at radius 2 is 1.85 bits per heavy atom. The molecular weight excluding hydrogens is 160 g/mol. The SMILES string of the molecule is CC/C(C)=C/CC/C(=C/CO)CC. The summed E-state index contributed by atoms with van der Waals surface area (Å²) < 4.78 is 0. The average Bonchev–Trinajstić information content (AvgIpc) is 2.16.